The predicted octanol–water partition coefficient (Wildman–Crippen LogP) is 4.80. The van der Waals surface area contributed by atoms with Gasteiger partial charge in [-0.05, 0) is 82.4 Å². The van der Waals surface area contributed by atoms with Gasteiger partial charge in [0, 0.05) is 30.2 Å². The Morgan fingerprint density at radius 1 is 1.08 bits per heavy atom. The fraction of sp³-hybridized carbons (Fsp3) is 0.634. The highest BCUT2D eigenvalue weighted by Crippen LogP contribution is 2.47. The molecule has 7 atom stereocenters. The molecule has 3 heterocycles. The molecule has 3 N–H and O–H groups in total. The van der Waals surface area contributed by atoms with Crippen LogP contribution in [0.4, 0.5) is 18.0 Å². The molecule has 3 fully saturated rings. The number of nitrogens with zero attached hydrogens (tertiary/aromatic N) is 3. The van der Waals surface area contributed by atoms with Gasteiger partial charge in [0.05, 0.1) is 31.7 Å². The maximum atomic E-state index is 15.1. The van der Waals surface area contributed by atoms with Crippen LogP contribution in [0.2, 0.25) is 0 Å². The Labute approximate surface area is 352 Å². The molecule has 1 aromatic carbocycles. The molecule has 2 aliphatic carbocycles. The first-order valence-corrected chi connectivity index (χ1v) is 21.9. The summed E-state index contributed by atoms with van der Waals surface area (Å²) in [5.74, 6) is -3.76. The maximum absolute atomic E-state index is 15.1. The Bertz CT molecular complexity index is 2150. The maximum Gasteiger partial charge on any atom is 0.411 e. The molecule has 1 aromatic heterocycles. The van der Waals surface area contributed by atoms with E-state index in [4.69, 9.17) is 18.9 Å². The highest BCUT2D eigenvalue weighted by molar-refractivity contribution is 7.91. The monoisotopic (exact) mass is 881 g/mol. The molecule has 4 amide bonds. The van der Waals surface area contributed by atoms with Crippen LogP contribution in [0.5, 0.6) is 17.4 Å². The molecule has 6 rings (SSSR count). The number of pyridine rings is 1. The number of amides is 4. The molecule has 16 nitrogen and oxygen atoms in total. The van der Waals surface area contributed by atoms with E-state index >= 15 is 4.79 Å². The van der Waals surface area contributed by atoms with Crippen LogP contribution < -0.4 is 24.2 Å². The second kappa shape index (κ2) is 17.5. The predicted molar refractivity (Wildman–Crippen MR) is 214 cm³/mol. The lowest BCUT2D eigenvalue weighted by atomic mass is 9.85. The topological polar surface area (TPSA) is 203 Å². The van der Waals surface area contributed by atoms with Crippen LogP contribution in [-0.4, -0.2) is 127 Å². The van der Waals surface area contributed by atoms with Crippen molar-refractivity contribution in [2.45, 2.75) is 113 Å². The quantitative estimate of drug-likeness (QED) is 0.195. The zero-order valence-corrected chi connectivity index (χ0v) is 35.8. The Kier molecular flexibility index (Phi) is 13.1. The van der Waals surface area contributed by atoms with E-state index in [1.165, 1.54) is 27.3 Å². The number of halogens is 3. The normalized spacial score (nSPS) is 28.0. The highest BCUT2D eigenvalue weighted by Gasteiger charge is 2.63. The van der Waals surface area contributed by atoms with Crippen molar-refractivity contribution >= 4 is 44.6 Å². The number of carboxylic acid groups (broad SMARTS) is 1. The van der Waals surface area contributed by atoms with Crippen molar-refractivity contribution in [3.8, 4) is 17.4 Å². The lowest BCUT2D eigenvalue weighted by molar-refractivity contribution is -0.222. The summed E-state index contributed by atoms with van der Waals surface area (Å²) in [6, 6.07) is 1.61. The van der Waals surface area contributed by atoms with Crippen LogP contribution in [0.25, 0.3) is 10.8 Å². The Morgan fingerprint density at radius 3 is 2.44 bits per heavy atom. The number of methoxy groups -OCH3 is 2. The van der Waals surface area contributed by atoms with E-state index < -0.39 is 86.4 Å². The fourth-order valence-corrected chi connectivity index (χ4v) is 9.75. The van der Waals surface area contributed by atoms with Gasteiger partial charge in [-0.1, -0.05) is 26.0 Å². The van der Waals surface area contributed by atoms with Crippen molar-refractivity contribution < 1.29 is 64.8 Å². The van der Waals surface area contributed by atoms with E-state index in [0.29, 0.717) is 61.8 Å². The average Bonchev–Trinajstić information content (AvgIpc) is 4.11. The number of carbonyl (C=O) groups excluding carboxylic acids is 3. The Hall–Kier alpha value is -4.85. The van der Waals surface area contributed by atoms with E-state index in [1.807, 2.05) is 6.92 Å². The summed E-state index contributed by atoms with van der Waals surface area (Å²) in [6.45, 7) is 4.82. The molecular formula is C41H54F3N5O11S. The van der Waals surface area contributed by atoms with Crippen molar-refractivity contribution in [1.29, 1.82) is 0 Å². The summed E-state index contributed by atoms with van der Waals surface area (Å²) in [5.41, 5.74) is -4.77. The number of carbonyl (C=O) groups is 4. The second-order valence-corrected chi connectivity index (χ2v) is 19.0. The number of fused-ring (bicyclic) bond motifs is 3. The van der Waals surface area contributed by atoms with Gasteiger partial charge in [0.25, 0.3) is 5.91 Å². The molecule has 0 radical (unpaired) electrons. The third-order valence-electron chi connectivity index (χ3n) is 12.2. The molecule has 2 aromatic rings. The molecule has 2 saturated carbocycles. The summed E-state index contributed by atoms with van der Waals surface area (Å²) in [5, 5.41) is 13.5. The van der Waals surface area contributed by atoms with Crippen molar-refractivity contribution in [2.75, 3.05) is 34.0 Å². The van der Waals surface area contributed by atoms with E-state index in [1.54, 1.807) is 30.4 Å². The van der Waals surface area contributed by atoms with Crippen molar-refractivity contribution in [2.24, 2.45) is 17.8 Å². The van der Waals surface area contributed by atoms with E-state index in [2.05, 4.69) is 15.0 Å². The molecule has 336 valence electrons. The number of aromatic nitrogens is 1. The number of ether oxygens (including phenoxy) is 4. The van der Waals surface area contributed by atoms with Crippen LogP contribution in [0, 0.1) is 17.8 Å². The van der Waals surface area contributed by atoms with E-state index in [9.17, 15) is 41.1 Å². The van der Waals surface area contributed by atoms with Gasteiger partial charge in [-0.15, -0.1) is 0 Å². The zero-order chi connectivity index (χ0) is 44.7. The van der Waals surface area contributed by atoms with Gasteiger partial charge >= 0.3 is 12.3 Å². The summed E-state index contributed by atoms with van der Waals surface area (Å²) in [7, 11) is -1.03. The molecule has 20 heteroatoms. The van der Waals surface area contributed by atoms with Crippen LogP contribution in [0.1, 0.15) is 72.6 Å². The largest absolute Gasteiger partial charge is 0.497 e. The molecular weight excluding hydrogens is 828 g/mol. The van der Waals surface area contributed by atoms with Crippen molar-refractivity contribution in [3.63, 3.8) is 0 Å². The molecule has 0 bridgehead atoms. The zero-order valence-electron chi connectivity index (χ0n) is 35.0. The summed E-state index contributed by atoms with van der Waals surface area (Å²) >= 11 is 0. The van der Waals surface area contributed by atoms with Crippen molar-refractivity contribution in [3.05, 3.63) is 36.5 Å². The van der Waals surface area contributed by atoms with Crippen LogP contribution in [-0.2, 0) is 29.1 Å². The highest BCUT2D eigenvalue weighted by atomic mass is 32.2. The van der Waals surface area contributed by atoms with Gasteiger partial charge < -0.3 is 34.3 Å². The van der Waals surface area contributed by atoms with Gasteiger partial charge in [-0.3, -0.25) is 24.0 Å². The minimum Gasteiger partial charge on any atom is -0.497 e. The lowest BCUT2D eigenvalue weighted by Gasteiger charge is -2.45. The van der Waals surface area contributed by atoms with Gasteiger partial charge in [0.2, 0.25) is 27.7 Å². The summed E-state index contributed by atoms with van der Waals surface area (Å²) in [6.07, 6.45) is -1.53. The molecule has 1 saturated heterocycles. The average molecular weight is 882 g/mol. The number of sulfonamides is 1. The number of allylic oxidation sites excluding steroid dienone is 1. The van der Waals surface area contributed by atoms with E-state index in [0.717, 1.165) is 4.90 Å². The van der Waals surface area contributed by atoms with Gasteiger partial charge in [0.15, 0.2) is 0 Å². The minimum absolute atomic E-state index is 0.0435. The molecule has 61 heavy (non-hydrogen) atoms. The molecule has 0 spiro atoms. The summed E-state index contributed by atoms with van der Waals surface area (Å²) < 4.78 is 95.1. The lowest BCUT2D eigenvalue weighted by Crippen LogP contribution is -2.66. The SMILES string of the molecule is COCCOc1cnc(O[C@@H]2C[C@H]3C(=O)N[C@]4(C(=O)NS(=O)(=O)C5CC5)C[C@H]4/C=C\CC[C@@H](C)C[C@@H](C)[C@H](N(C(=O)O)C(C)(C)C(F)(F)F)C(=O)N3C2)c2ccc(OC)cc12. The molecule has 2 aliphatic heterocycles. The third kappa shape index (κ3) is 9.49. The second-order valence-electron chi connectivity index (χ2n) is 17.1. The first-order valence-electron chi connectivity index (χ1n) is 20.3. The van der Waals surface area contributed by atoms with E-state index in [-0.39, 0.29) is 55.7 Å². The van der Waals surface area contributed by atoms with Crippen LogP contribution >= 0.6 is 0 Å². The number of hydrogen-bond acceptors (Lipinski definition) is 11. The smallest absolute Gasteiger partial charge is 0.411 e. The van der Waals surface area contributed by atoms with Crippen LogP contribution in [0.3, 0.4) is 0 Å². The van der Waals surface area contributed by atoms with Gasteiger partial charge in [-0.2, -0.15) is 13.2 Å². The number of benzene rings is 1. The third-order valence-corrected chi connectivity index (χ3v) is 14.0. The number of rotatable bonds is 12. The first-order chi connectivity index (χ1) is 28.6. The van der Waals surface area contributed by atoms with Gasteiger partial charge in [-0.25, -0.2) is 18.2 Å². The first kappa shape index (κ1) is 45.7. The van der Waals surface area contributed by atoms with Crippen molar-refractivity contribution in [1.82, 2.24) is 24.8 Å². The number of hydrogen-bond donors (Lipinski definition) is 3. The fourth-order valence-electron chi connectivity index (χ4n) is 8.38. The Morgan fingerprint density at radius 2 is 1.80 bits per heavy atom. The standard InChI is InChI=1S/C41H54F3N5O11S/c1-23-9-7-8-10-25-20-40(25,37(52)47-61(55,56)28-12-13-28)46-34(50)31-19-27(60-35-29-14-11-26(58-6)18-30(29)32(21-45-35)59-16-15-57-5)22-48(31)36(51)33(24(2)17-23)49(38(53)54)39(3,4)41(42,43)44/h8,10-11,14,18,21,23-25,27-28,31,33H,7,9,12-13,15-17,19-20,22H2,1-6H3,(H,46,50)(H,47,52)(H,53,54)/b10-8-/t23-,24-,25-,27-,31+,33+,40-/m1/s1. The van der Waals surface area contributed by atoms with Gasteiger partial charge in [0.1, 0.15) is 47.4 Å². The Balaban J connectivity index is 1.42. The summed E-state index contributed by atoms with van der Waals surface area (Å²) in [4.78, 5) is 62.1. The number of alkyl halides is 3. The minimum atomic E-state index is -5.11. The van der Waals surface area contributed by atoms with Crippen LogP contribution in [0.15, 0.2) is 36.5 Å². The molecule has 0 unspecified atom stereocenters. The molecule has 4 aliphatic rings. The number of nitrogens with one attached hydrogen (secondary N) is 2.